The molecule has 0 amide bonds. The molecule has 0 unspecified atom stereocenters. The van der Waals surface area contributed by atoms with Crippen LogP contribution in [0, 0.1) is 11.8 Å². The van der Waals surface area contributed by atoms with Gasteiger partial charge in [0, 0.05) is 5.92 Å². The maximum Gasteiger partial charge on any atom is 0.517 e. The summed E-state index contributed by atoms with van der Waals surface area (Å²) in [7, 11) is 1.47. The van der Waals surface area contributed by atoms with Crippen LogP contribution in [0.15, 0.2) is 24.3 Å². The van der Waals surface area contributed by atoms with E-state index in [4.69, 9.17) is 18.9 Å². The van der Waals surface area contributed by atoms with Crippen LogP contribution in [0.5, 0.6) is 11.5 Å². The summed E-state index contributed by atoms with van der Waals surface area (Å²) < 4.78 is 20.4. The van der Waals surface area contributed by atoms with Crippen molar-refractivity contribution in [1.29, 1.82) is 0 Å². The van der Waals surface area contributed by atoms with Crippen molar-refractivity contribution in [2.45, 2.75) is 34.0 Å². The molecule has 0 aromatic heterocycles. The van der Waals surface area contributed by atoms with Crippen molar-refractivity contribution in [2.24, 2.45) is 11.8 Å². The maximum absolute atomic E-state index is 11.9. The molecule has 6 heteroatoms. The highest BCUT2D eigenvalue weighted by Gasteiger charge is 2.25. The van der Waals surface area contributed by atoms with Gasteiger partial charge in [0.2, 0.25) is 0 Å². The van der Waals surface area contributed by atoms with Crippen LogP contribution < -0.4 is 9.47 Å². The number of carbonyl (C=O) groups excluding carboxylic acids is 2. The molecule has 1 atom stereocenters. The summed E-state index contributed by atoms with van der Waals surface area (Å²) in [5.41, 5.74) is 0. The SMILES string of the molecule is COc1ccccc1OC(=O)O[C@H](OC(=O)C(C)C)C(C)C. The Labute approximate surface area is 130 Å². The largest absolute Gasteiger partial charge is 0.517 e. The van der Waals surface area contributed by atoms with Gasteiger partial charge in [0.1, 0.15) is 0 Å². The third-order valence-corrected chi connectivity index (χ3v) is 2.72. The lowest BCUT2D eigenvalue weighted by atomic mass is 10.2. The molecule has 1 rings (SSSR count). The molecule has 0 bridgehead atoms. The Morgan fingerprint density at radius 2 is 1.55 bits per heavy atom. The van der Waals surface area contributed by atoms with Crippen LogP contribution in [0.1, 0.15) is 27.7 Å². The van der Waals surface area contributed by atoms with Gasteiger partial charge in [-0.15, -0.1) is 0 Å². The quantitative estimate of drug-likeness (QED) is 0.455. The second-order valence-electron chi connectivity index (χ2n) is 5.32. The molecule has 0 fully saturated rings. The zero-order valence-electron chi connectivity index (χ0n) is 13.5. The van der Waals surface area contributed by atoms with Crippen LogP contribution >= 0.6 is 0 Å². The second kappa shape index (κ2) is 8.26. The molecule has 1 aromatic carbocycles. The van der Waals surface area contributed by atoms with Crippen LogP contribution in [0.3, 0.4) is 0 Å². The maximum atomic E-state index is 11.9. The molecule has 0 saturated carbocycles. The van der Waals surface area contributed by atoms with Gasteiger partial charge in [-0.3, -0.25) is 4.79 Å². The van der Waals surface area contributed by atoms with E-state index in [1.54, 1.807) is 52.0 Å². The molecular weight excluding hydrogens is 288 g/mol. The molecule has 122 valence electrons. The summed E-state index contributed by atoms with van der Waals surface area (Å²) >= 11 is 0. The monoisotopic (exact) mass is 310 g/mol. The third kappa shape index (κ3) is 5.27. The molecule has 22 heavy (non-hydrogen) atoms. The first-order valence-electron chi connectivity index (χ1n) is 7.07. The van der Waals surface area contributed by atoms with Crippen LogP contribution in [-0.4, -0.2) is 25.5 Å². The minimum Gasteiger partial charge on any atom is -0.493 e. The van der Waals surface area contributed by atoms with E-state index < -0.39 is 18.4 Å². The van der Waals surface area contributed by atoms with Gasteiger partial charge in [-0.2, -0.15) is 0 Å². The Bertz CT molecular complexity index is 509. The van der Waals surface area contributed by atoms with E-state index in [1.807, 2.05) is 0 Å². The molecule has 6 nitrogen and oxygen atoms in total. The minimum absolute atomic E-state index is 0.201. The van der Waals surface area contributed by atoms with E-state index in [0.29, 0.717) is 5.75 Å². The highest BCUT2D eigenvalue weighted by atomic mass is 16.8. The highest BCUT2D eigenvalue weighted by Crippen LogP contribution is 2.26. The molecular formula is C16H22O6. The predicted octanol–water partition coefficient (Wildman–Crippen LogP) is 3.39. The third-order valence-electron chi connectivity index (χ3n) is 2.72. The Morgan fingerprint density at radius 1 is 0.955 bits per heavy atom. The average Bonchev–Trinajstić information content (AvgIpc) is 2.46. The number of methoxy groups -OCH3 is 1. The van der Waals surface area contributed by atoms with Gasteiger partial charge >= 0.3 is 12.1 Å². The molecule has 0 saturated heterocycles. The standard InChI is InChI=1S/C16H22O6/c1-10(2)14(17)21-15(11(3)4)22-16(18)20-13-9-7-6-8-12(13)19-5/h6-11,15H,1-5H3/t15-/m0/s1. The summed E-state index contributed by atoms with van der Waals surface area (Å²) in [4.78, 5) is 23.5. The van der Waals surface area contributed by atoms with Crippen LogP contribution in [0.4, 0.5) is 4.79 Å². The fourth-order valence-corrected chi connectivity index (χ4v) is 1.46. The summed E-state index contributed by atoms with van der Waals surface area (Å²) in [6, 6.07) is 6.67. The molecule has 0 aliphatic heterocycles. The van der Waals surface area contributed by atoms with E-state index in [2.05, 4.69) is 0 Å². The molecule has 0 radical (unpaired) electrons. The van der Waals surface area contributed by atoms with Crippen molar-refractivity contribution in [2.75, 3.05) is 7.11 Å². The van der Waals surface area contributed by atoms with Crippen LogP contribution in [-0.2, 0) is 14.3 Å². The van der Waals surface area contributed by atoms with Gasteiger partial charge in [0.25, 0.3) is 6.29 Å². The number of carbonyl (C=O) groups is 2. The first-order chi connectivity index (χ1) is 10.3. The van der Waals surface area contributed by atoms with Crippen molar-refractivity contribution in [1.82, 2.24) is 0 Å². The fourth-order valence-electron chi connectivity index (χ4n) is 1.46. The Hall–Kier alpha value is -2.24. The van der Waals surface area contributed by atoms with Gasteiger partial charge in [-0.1, -0.05) is 39.8 Å². The van der Waals surface area contributed by atoms with Crippen LogP contribution in [0.25, 0.3) is 0 Å². The van der Waals surface area contributed by atoms with E-state index in [9.17, 15) is 9.59 Å². The summed E-state index contributed by atoms with van der Waals surface area (Å²) in [5.74, 6) is -0.320. The van der Waals surface area contributed by atoms with E-state index >= 15 is 0 Å². The number of hydrogen-bond donors (Lipinski definition) is 0. The number of hydrogen-bond acceptors (Lipinski definition) is 6. The normalized spacial score (nSPS) is 12.0. The molecule has 1 aromatic rings. The summed E-state index contributed by atoms with van der Waals surface area (Å²) in [6.45, 7) is 6.95. The summed E-state index contributed by atoms with van der Waals surface area (Å²) in [6.07, 6.45) is -1.96. The average molecular weight is 310 g/mol. The van der Waals surface area contributed by atoms with Crippen molar-refractivity contribution < 1.29 is 28.5 Å². The van der Waals surface area contributed by atoms with E-state index in [0.717, 1.165) is 0 Å². The predicted molar refractivity (Wildman–Crippen MR) is 79.7 cm³/mol. The lowest BCUT2D eigenvalue weighted by Crippen LogP contribution is -2.32. The molecule has 0 aliphatic rings. The number of benzene rings is 1. The smallest absolute Gasteiger partial charge is 0.493 e. The molecule has 0 N–H and O–H groups in total. The number of para-hydroxylation sites is 2. The number of ether oxygens (including phenoxy) is 4. The van der Waals surface area contributed by atoms with Crippen molar-refractivity contribution in [3.8, 4) is 11.5 Å². The molecule has 0 heterocycles. The first-order valence-corrected chi connectivity index (χ1v) is 7.07. The highest BCUT2D eigenvalue weighted by molar-refractivity contribution is 5.72. The Balaban J connectivity index is 2.69. The Kier molecular flexibility index (Phi) is 6.69. The summed E-state index contributed by atoms with van der Waals surface area (Å²) in [5, 5.41) is 0. The second-order valence-corrected chi connectivity index (χ2v) is 5.32. The van der Waals surface area contributed by atoms with Crippen molar-refractivity contribution in [3.63, 3.8) is 0 Å². The minimum atomic E-state index is -1.00. The molecule has 0 spiro atoms. The fraction of sp³-hybridized carbons (Fsp3) is 0.500. The van der Waals surface area contributed by atoms with Crippen molar-refractivity contribution >= 4 is 12.1 Å². The van der Waals surface area contributed by atoms with E-state index in [1.165, 1.54) is 7.11 Å². The molecule has 0 aliphatic carbocycles. The first kappa shape index (κ1) is 17.8. The number of rotatable bonds is 6. The van der Waals surface area contributed by atoms with Crippen LogP contribution in [0.2, 0.25) is 0 Å². The van der Waals surface area contributed by atoms with Gasteiger partial charge in [-0.25, -0.2) is 4.79 Å². The topological polar surface area (TPSA) is 71.1 Å². The van der Waals surface area contributed by atoms with Crippen molar-refractivity contribution in [3.05, 3.63) is 24.3 Å². The lowest BCUT2D eigenvalue weighted by Gasteiger charge is -2.22. The number of esters is 1. The van der Waals surface area contributed by atoms with Gasteiger partial charge < -0.3 is 18.9 Å². The van der Waals surface area contributed by atoms with E-state index in [-0.39, 0.29) is 17.6 Å². The Morgan fingerprint density at radius 3 is 2.05 bits per heavy atom. The van der Waals surface area contributed by atoms with Gasteiger partial charge in [-0.05, 0) is 12.1 Å². The van der Waals surface area contributed by atoms with Gasteiger partial charge in [0.15, 0.2) is 11.5 Å². The lowest BCUT2D eigenvalue weighted by molar-refractivity contribution is -0.180. The van der Waals surface area contributed by atoms with Gasteiger partial charge in [0.05, 0.1) is 13.0 Å². The zero-order chi connectivity index (χ0) is 16.7. The zero-order valence-corrected chi connectivity index (χ0v) is 13.5.